The Labute approximate surface area is 79.1 Å². The molecule has 0 unspecified atom stereocenters. The standard InChI is InChI=1S/C10H17N3/c11-4-5-13-8-10-3-1-2-9(6-10)7-12/h1-3,6,13H,4-5,7-8,11-12H2. The number of nitrogens with two attached hydrogens (primary N) is 2. The van der Waals surface area contributed by atoms with Gasteiger partial charge in [0.2, 0.25) is 0 Å². The van der Waals surface area contributed by atoms with Gasteiger partial charge in [-0.2, -0.15) is 0 Å². The van der Waals surface area contributed by atoms with Crippen molar-refractivity contribution in [2.75, 3.05) is 13.1 Å². The zero-order chi connectivity index (χ0) is 9.52. The third-order valence-electron chi connectivity index (χ3n) is 1.88. The van der Waals surface area contributed by atoms with Crippen molar-refractivity contribution in [2.24, 2.45) is 11.5 Å². The molecular weight excluding hydrogens is 162 g/mol. The van der Waals surface area contributed by atoms with E-state index in [0.717, 1.165) is 13.1 Å². The molecule has 0 saturated carbocycles. The van der Waals surface area contributed by atoms with Crippen LogP contribution in [0.15, 0.2) is 24.3 Å². The van der Waals surface area contributed by atoms with Crippen LogP contribution < -0.4 is 16.8 Å². The van der Waals surface area contributed by atoms with Crippen molar-refractivity contribution < 1.29 is 0 Å². The average molecular weight is 179 g/mol. The Morgan fingerprint density at radius 3 is 2.62 bits per heavy atom. The molecule has 13 heavy (non-hydrogen) atoms. The number of hydrogen-bond acceptors (Lipinski definition) is 3. The average Bonchev–Trinajstić information content (AvgIpc) is 2.19. The van der Waals surface area contributed by atoms with E-state index in [1.165, 1.54) is 11.1 Å². The van der Waals surface area contributed by atoms with Crippen molar-refractivity contribution >= 4 is 0 Å². The topological polar surface area (TPSA) is 64.1 Å². The van der Waals surface area contributed by atoms with Gasteiger partial charge in [0.15, 0.2) is 0 Å². The lowest BCUT2D eigenvalue weighted by Gasteiger charge is -2.04. The van der Waals surface area contributed by atoms with Gasteiger partial charge in [0.1, 0.15) is 0 Å². The van der Waals surface area contributed by atoms with E-state index < -0.39 is 0 Å². The van der Waals surface area contributed by atoms with E-state index in [4.69, 9.17) is 11.5 Å². The van der Waals surface area contributed by atoms with Gasteiger partial charge in [0.25, 0.3) is 0 Å². The zero-order valence-electron chi connectivity index (χ0n) is 7.79. The number of rotatable bonds is 5. The first-order valence-electron chi connectivity index (χ1n) is 4.55. The molecule has 0 aromatic heterocycles. The molecule has 1 aromatic carbocycles. The highest BCUT2D eigenvalue weighted by Crippen LogP contribution is 2.03. The van der Waals surface area contributed by atoms with Crippen LogP contribution in [-0.2, 0) is 13.1 Å². The Bertz CT molecular complexity index is 248. The predicted molar refractivity (Wildman–Crippen MR) is 55.1 cm³/mol. The summed E-state index contributed by atoms with van der Waals surface area (Å²) in [6, 6.07) is 8.26. The number of hydrogen-bond donors (Lipinski definition) is 3. The molecule has 3 heteroatoms. The number of benzene rings is 1. The first-order chi connectivity index (χ1) is 6.36. The maximum atomic E-state index is 5.53. The van der Waals surface area contributed by atoms with Crippen molar-refractivity contribution in [1.29, 1.82) is 0 Å². The maximum Gasteiger partial charge on any atom is 0.0206 e. The summed E-state index contributed by atoms with van der Waals surface area (Å²) in [6.07, 6.45) is 0. The van der Waals surface area contributed by atoms with Gasteiger partial charge in [-0.05, 0) is 11.1 Å². The van der Waals surface area contributed by atoms with E-state index in [-0.39, 0.29) is 0 Å². The summed E-state index contributed by atoms with van der Waals surface area (Å²) in [7, 11) is 0. The minimum absolute atomic E-state index is 0.602. The fourth-order valence-electron chi connectivity index (χ4n) is 1.20. The first kappa shape index (κ1) is 10.2. The Morgan fingerprint density at radius 2 is 1.92 bits per heavy atom. The van der Waals surface area contributed by atoms with E-state index >= 15 is 0 Å². The maximum absolute atomic E-state index is 5.53. The predicted octanol–water partition coefficient (Wildman–Crippen LogP) is 0.194. The Hall–Kier alpha value is -0.900. The molecule has 0 heterocycles. The molecule has 72 valence electrons. The minimum Gasteiger partial charge on any atom is -0.329 e. The lowest BCUT2D eigenvalue weighted by atomic mass is 10.1. The van der Waals surface area contributed by atoms with Gasteiger partial charge >= 0.3 is 0 Å². The van der Waals surface area contributed by atoms with Gasteiger partial charge < -0.3 is 16.8 Å². The summed E-state index contributed by atoms with van der Waals surface area (Å²) in [4.78, 5) is 0. The van der Waals surface area contributed by atoms with Gasteiger partial charge in [-0.3, -0.25) is 0 Å². The quantitative estimate of drug-likeness (QED) is 0.565. The molecule has 0 aliphatic rings. The lowest BCUT2D eigenvalue weighted by molar-refractivity contribution is 0.694. The molecule has 0 atom stereocenters. The molecule has 0 radical (unpaired) electrons. The second kappa shape index (κ2) is 5.70. The SMILES string of the molecule is NCCNCc1cccc(CN)c1. The van der Waals surface area contributed by atoms with Crippen molar-refractivity contribution in [2.45, 2.75) is 13.1 Å². The first-order valence-corrected chi connectivity index (χ1v) is 4.55. The molecule has 0 spiro atoms. The summed E-state index contributed by atoms with van der Waals surface area (Å²) in [5, 5.41) is 3.24. The van der Waals surface area contributed by atoms with Crippen LogP contribution in [0, 0.1) is 0 Å². The molecule has 0 aliphatic carbocycles. The summed E-state index contributed by atoms with van der Waals surface area (Å²) < 4.78 is 0. The van der Waals surface area contributed by atoms with Gasteiger partial charge in [-0.15, -0.1) is 0 Å². The van der Waals surface area contributed by atoms with Crippen molar-refractivity contribution in [3.05, 3.63) is 35.4 Å². The second-order valence-electron chi connectivity index (χ2n) is 2.99. The van der Waals surface area contributed by atoms with Crippen molar-refractivity contribution in [1.82, 2.24) is 5.32 Å². The zero-order valence-corrected chi connectivity index (χ0v) is 7.79. The summed E-state index contributed by atoms with van der Waals surface area (Å²) in [5.74, 6) is 0. The van der Waals surface area contributed by atoms with E-state index in [1.807, 2.05) is 12.1 Å². The molecule has 3 nitrogen and oxygen atoms in total. The Kier molecular flexibility index (Phi) is 4.46. The molecule has 0 bridgehead atoms. The smallest absolute Gasteiger partial charge is 0.0206 e. The molecule has 0 amide bonds. The molecule has 0 saturated heterocycles. The summed E-state index contributed by atoms with van der Waals surface area (Å²) >= 11 is 0. The molecule has 1 aromatic rings. The summed E-state index contributed by atoms with van der Waals surface area (Å²) in [5.41, 5.74) is 13.3. The lowest BCUT2D eigenvalue weighted by Crippen LogP contribution is -2.21. The Morgan fingerprint density at radius 1 is 1.15 bits per heavy atom. The molecule has 0 aliphatic heterocycles. The monoisotopic (exact) mass is 179 g/mol. The molecule has 1 rings (SSSR count). The van der Waals surface area contributed by atoms with Gasteiger partial charge in [-0.1, -0.05) is 24.3 Å². The van der Waals surface area contributed by atoms with E-state index in [9.17, 15) is 0 Å². The van der Waals surface area contributed by atoms with Gasteiger partial charge in [0, 0.05) is 26.2 Å². The van der Waals surface area contributed by atoms with Crippen LogP contribution in [-0.4, -0.2) is 13.1 Å². The van der Waals surface area contributed by atoms with Gasteiger partial charge in [0.05, 0.1) is 0 Å². The summed E-state index contributed by atoms with van der Waals surface area (Å²) in [6.45, 7) is 3.00. The van der Waals surface area contributed by atoms with Crippen LogP contribution in [0.4, 0.5) is 0 Å². The van der Waals surface area contributed by atoms with Crippen LogP contribution in [0.25, 0.3) is 0 Å². The Balaban J connectivity index is 2.46. The fraction of sp³-hybridized carbons (Fsp3) is 0.400. The largest absolute Gasteiger partial charge is 0.329 e. The van der Waals surface area contributed by atoms with Crippen LogP contribution in [0.5, 0.6) is 0 Å². The van der Waals surface area contributed by atoms with Gasteiger partial charge in [-0.25, -0.2) is 0 Å². The van der Waals surface area contributed by atoms with Crippen molar-refractivity contribution in [3.63, 3.8) is 0 Å². The highest BCUT2D eigenvalue weighted by atomic mass is 14.9. The third-order valence-corrected chi connectivity index (χ3v) is 1.88. The second-order valence-corrected chi connectivity index (χ2v) is 2.99. The minimum atomic E-state index is 0.602. The highest BCUT2D eigenvalue weighted by molar-refractivity contribution is 5.23. The number of nitrogens with one attached hydrogen (secondary N) is 1. The van der Waals surface area contributed by atoms with Crippen LogP contribution in [0.3, 0.4) is 0 Å². The third kappa shape index (κ3) is 3.55. The van der Waals surface area contributed by atoms with E-state index in [0.29, 0.717) is 13.1 Å². The normalized spacial score (nSPS) is 10.3. The van der Waals surface area contributed by atoms with E-state index in [1.54, 1.807) is 0 Å². The molecular formula is C10H17N3. The fourth-order valence-corrected chi connectivity index (χ4v) is 1.20. The van der Waals surface area contributed by atoms with Crippen LogP contribution in [0.1, 0.15) is 11.1 Å². The van der Waals surface area contributed by atoms with Crippen molar-refractivity contribution in [3.8, 4) is 0 Å². The van der Waals surface area contributed by atoms with E-state index in [2.05, 4.69) is 17.4 Å². The molecule has 0 fully saturated rings. The van der Waals surface area contributed by atoms with Crippen LogP contribution in [0.2, 0.25) is 0 Å². The molecule has 5 N–H and O–H groups in total. The highest BCUT2D eigenvalue weighted by Gasteiger charge is 1.93. The van der Waals surface area contributed by atoms with Crippen LogP contribution >= 0.6 is 0 Å².